The summed E-state index contributed by atoms with van der Waals surface area (Å²) in [6.07, 6.45) is 1.09. The number of benzene rings is 1. The molecule has 0 unspecified atom stereocenters. The smallest absolute Gasteiger partial charge is 0.250 e. The Balaban J connectivity index is 1.35. The quantitative estimate of drug-likeness (QED) is 0.750. The van der Waals surface area contributed by atoms with Gasteiger partial charge in [-0.2, -0.15) is 0 Å². The summed E-state index contributed by atoms with van der Waals surface area (Å²) in [5.74, 6) is 0.863. The molecule has 2 atom stereocenters. The SMILES string of the molecule is O=C(CSC(=S)N1C[C@H]2C[C@@H](C1)c1cccc(=O)n1C2)Nc1cccc(Cl)c1. The Hall–Kier alpha value is -1.83. The molecule has 0 saturated carbocycles. The minimum atomic E-state index is -0.108. The number of carbonyl (C=O) groups is 1. The van der Waals surface area contributed by atoms with Crippen LogP contribution in [0.15, 0.2) is 47.3 Å². The molecule has 1 amide bonds. The van der Waals surface area contributed by atoms with Crippen molar-refractivity contribution in [3.8, 4) is 0 Å². The molecule has 1 saturated heterocycles. The van der Waals surface area contributed by atoms with Crippen LogP contribution >= 0.6 is 35.6 Å². The number of fused-ring (bicyclic) bond motifs is 4. The molecule has 2 aliphatic heterocycles. The van der Waals surface area contributed by atoms with Crippen molar-refractivity contribution < 1.29 is 4.79 Å². The van der Waals surface area contributed by atoms with Crippen molar-refractivity contribution >= 4 is 51.5 Å². The number of halogens is 1. The van der Waals surface area contributed by atoms with Crippen molar-refractivity contribution in [1.29, 1.82) is 0 Å². The number of nitrogens with zero attached hydrogens (tertiary/aromatic N) is 2. The predicted octanol–water partition coefficient (Wildman–Crippen LogP) is 3.58. The molecular weight excluding hydrogens is 414 g/mol. The average molecular weight is 434 g/mol. The van der Waals surface area contributed by atoms with Crippen LogP contribution in [0.2, 0.25) is 5.02 Å². The summed E-state index contributed by atoms with van der Waals surface area (Å²) >= 11 is 12.9. The lowest BCUT2D eigenvalue weighted by Gasteiger charge is -2.43. The maximum absolute atomic E-state index is 12.2. The Bertz CT molecular complexity index is 978. The third-order valence-electron chi connectivity index (χ3n) is 5.17. The number of amides is 1. The van der Waals surface area contributed by atoms with Gasteiger partial charge in [0.2, 0.25) is 5.91 Å². The first-order chi connectivity index (χ1) is 13.5. The van der Waals surface area contributed by atoms with E-state index in [9.17, 15) is 9.59 Å². The average Bonchev–Trinajstić information content (AvgIpc) is 2.67. The predicted molar refractivity (Wildman–Crippen MR) is 118 cm³/mol. The van der Waals surface area contributed by atoms with E-state index in [2.05, 4.69) is 10.2 Å². The third-order valence-corrected chi connectivity index (χ3v) is 6.93. The zero-order valence-electron chi connectivity index (χ0n) is 15.1. The van der Waals surface area contributed by atoms with Crippen molar-refractivity contribution in [3.63, 3.8) is 0 Å². The fourth-order valence-corrected chi connectivity index (χ4v) is 5.20. The highest BCUT2D eigenvalue weighted by Crippen LogP contribution is 2.36. The molecule has 0 aliphatic carbocycles. The summed E-state index contributed by atoms with van der Waals surface area (Å²) in [6.45, 7) is 2.37. The number of pyridine rings is 1. The number of hydrogen-bond acceptors (Lipinski definition) is 4. The zero-order chi connectivity index (χ0) is 19.7. The van der Waals surface area contributed by atoms with E-state index in [1.165, 1.54) is 11.8 Å². The molecule has 4 rings (SSSR count). The van der Waals surface area contributed by atoms with E-state index >= 15 is 0 Å². The summed E-state index contributed by atoms with van der Waals surface area (Å²) < 4.78 is 2.65. The van der Waals surface area contributed by atoms with Gasteiger partial charge in [-0.05, 0) is 36.6 Å². The van der Waals surface area contributed by atoms with Crippen molar-refractivity contribution in [1.82, 2.24) is 9.47 Å². The highest BCUT2D eigenvalue weighted by Gasteiger charge is 2.35. The second-order valence-electron chi connectivity index (χ2n) is 7.22. The number of piperidine rings is 1. The van der Waals surface area contributed by atoms with E-state index < -0.39 is 0 Å². The number of hydrogen-bond donors (Lipinski definition) is 1. The number of carbonyl (C=O) groups excluding carboxylic acids is 1. The van der Waals surface area contributed by atoms with Crippen molar-refractivity contribution in [2.45, 2.75) is 18.9 Å². The van der Waals surface area contributed by atoms with E-state index in [-0.39, 0.29) is 17.2 Å². The van der Waals surface area contributed by atoms with Gasteiger partial charge in [0.05, 0.1) is 5.75 Å². The summed E-state index contributed by atoms with van der Waals surface area (Å²) in [5.41, 5.74) is 1.86. The van der Waals surface area contributed by atoms with Gasteiger partial charge in [0.25, 0.3) is 5.56 Å². The third kappa shape index (κ3) is 4.26. The molecule has 28 heavy (non-hydrogen) atoms. The molecular formula is C20H20ClN3O2S2. The van der Waals surface area contributed by atoms with Crippen LogP contribution in [0.25, 0.3) is 0 Å². The van der Waals surface area contributed by atoms with Crippen LogP contribution in [0.1, 0.15) is 18.0 Å². The lowest BCUT2D eigenvalue weighted by molar-refractivity contribution is -0.113. The van der Waals surface area contributed by atoms with Crippen molar-refractivity contribution in [2.75, 3.05) is 24.2 Å². The molecule has 1 aromatic carbocycles. The highest BCUT2D eigenvalue weighted by molar-refractivity contribution is 8.23. The Morgan fingerprint density at radius 1 is 1.21 bits per heavy atom. The Kier molecular flexibility index (Phi) is 5.75. The molecule has 0 radical (unpaired) electrons. The van der Waals surface area contributed by atoms with Crippen LogP contribution in [0.3, 0.4) is 0 Å². The molecule has 1 fully saturated rings. The summed E-state index contributed by atoms with van der Waals surface area (Å²) in [7, 11) is 0. The normalized spacial score (nSPS) is 20.4. The lowest BCUT2D eigenvalue weighted by atomic mass is 9.83. The van der Waals surface area contributed by atoms with Crippen LogP contribution in [0.4, 0.5) is 5.69 Å². The number of thioether (sulfide) groups is 1. The Morgan fingerprint density at radius 2 is 2.04 bits per heavy atom. The fourth-order valence-electron chi connectivity index (χ4n) is 4.03. The van der Waals surface area contributed by atoms with Crippen molar-refractivity contribution in [3.05, 3.63) is 63.5 Å². The van der Waals surface area contributed by atoms with Gasteiger partial charge in [0.1, 0.15) is 4.32 Å². The minimum absolute atomic E-state index is 0.0790. The van der Waals surface area contributed by atoms with Crippen molar-refractivity contribution in [2.24, 2.45) is 5.92 Å². The minimum Gasteiger partial charge on any atom is -0.356 e. The summed E-state index contributed by atoms with van der Waals surface area (Å²) in [5, 5.41) is 3.42. The van der Waals surface area contributed by atoms with E-state index in [4.69, 9.17) is 23.8 Å². The topological polar surface area (TPSA) is 54.3 Å². The van der Waals surface area contributed by atoms with Crippen LogP contribution in [0, 0.1) is 5.92 Å². The molecule has 2 aromatic rings. The maximum Gasteiger partial charge on any atom is 0.250 e. The van der Waals surface area contributed by atoms with Crippen LogP contribution in [0.5, 0.6) is 0 Å². The van der Waals surface area contributed by atoms with Gasteiger partial charge < -0.3 is 14.8 Å². The second-order valence-corrected chi connectivity index (χ2v) is 9.26. The number of nitrogens with one attached hydrogen (secondary N) is 1. The lowest BCUT2D eigenvalue weighted by Crippen LogP contribution is -2.48. The number of anilines is 1. The zero-order valence-corrected chi connectivity index (χ0v) is 17.5. The first kappa shape index (κ1) is 19.5. The number of likely N-dealkylation sites (tertiary alicyclic amines) is 1. The second kappa shape index (κ2) is 8.27. The number of rotatable bonds is 3. The molecule has 1 aromatic heterocycles. The van der Waals surface area contributed by atoms with Crippen LogP contribution < -0.4 is 10.9 Å². The van der Waals surface area contributed by atoms with Crippen LogP contribution in [-0.2, 0) is 11.3 Å². The van der Waals surface area contributed by atoms with Gasteiger partial charge in [-0.25, -0.2) is 0 Å². The number of thiocarbonyl (C=S) groups is 1. The monoisotopic (exact) mass is 433 g/mol. The standard InChI is InChI=1S/C20H20ClN3O2S2/c21-15-3-1-4-16(8-15)22-18(25)12-28-20(27)23-9-13-7-14(11-23)17-5-2-6-19(26)24(17)10-13/h1-6,8,13-14H,7,9-12H2,(H,22,25)/t13-,14+/m1/s1. The van der Waals surface area contributed by atoms with Crippen LogP contribution in [-0.4, -0.2) is 38.5 Å². The largest absolute Gasteiger partial charge is 0.356 e. The number of aromatic nitrogens is 1. The molecule has 0 spiro atoms. The maximum atomic E-state index is 12.2. The van der Waals surface area contributed by atoms with E-state index in [1.807, 2.05) is 16.7 Å². The Labute approximate surface area is 178 Å². The van der Waals surface area contributed by atoms with Gasteiger partial charge in [-0.15, -0.1) is 0 Å². The summed E-state index contributed by atoms with van der Waals surface area (Å²) in [6, 6.07) is 12.6. The molecule has 2 bridgehead atoms. The first-order valence-corrected chi connectivity index (χ1v) is 10.9. The molecule has 1 N–H and O–H groups in total. The van der Waals surface area contributed by atoms with E-state index in [0.717, 1.165) is 36.1 Å². The molecule has 146 valence electrons. The van der Waals surface area contributed by atoms with E-state index in [1.54, 1.807) is 30.3 Å². The Morgan fingerprint density at radius 3 is 2.86 bits per heavy atom. The van der Waals surface area contributed by atoms with Gasteiger partial charge in [0.15, 0.2) is 0 Å². The van der Waals surface area contributed by atoms with Gasteiger partial charge in [-0.1, -0.05) is 47.7 Å². The molecule has 8 heteroatoms. The molecule has 2 aliphatic rings. The molecule has 3 heterocycles. The van der Waals surface area contributed by atoms with Gasteiger partial charge in [0, 0.05) is 48.0 Å². The molecule has 5 nitrogen and oxygen atoms in total. The van der Waals surface area contributed by atoms with E-state index in [0.29, 0.717) is 22.5 Å². The summed E-state index contributed by atoms with van der Waals surface area (Å²) in [4.78, 5) is 26.5. The van der Waals surface area contributed by atoms with Gasteiger partial charge >= 0.3 is 0 Å². The fraction of sp³-hybridized carbons (Fsp3) is 0.350. The van der Waals surface area contributed by atoms with Gasteiger partial charge in [-0.3, -0.25) is 9.59 Å². The first-order valence-electron chi connectivity index (χ1n) is 9.16. The highest BCUT2D eigenvalue weighted by atomic mass is 35.5.